The van der Waals surface area contributed by atoms with Crippen molar-refractivity contribution in [2.45, 2.75) is 27.2 Å². The minimum atomic E-state index is 0.128. The number of hydrogen-bond donors (Lipinski definition) is 2. The van der Waals surface area contributed by atoms with Crippen molar-refractivity contribution in [3.05, 3.63) is 24.0 Å². The number of phenols is 1. The highest BCUT2D eigenvalue weighted by Crippen LogP contribution is 2.30. The van der Waals surface area contributed by atoms with Crippen molar-refractivity contribution in [3.8, 4) is 22.9 Å². The van der Waals surface area contributed by atoms with Crippen molar-refractivity contribution in [2.75, 3.05) is 6.61 Å². The van der Waals surface area contributed by atoms with E-state index in [1.807, 2.05) is 6.92 Å². The molecule has 2 N–H and O–H groups in total. The van der Waals surface area contributed by atoms with E-state index in [1.54, 1.807) is 18.2 Å². The van der Waals surface area contributed by atoms with E-state index in [2.05, 4.69) is 29.0 Å². The SMILES string of the molecule is CCOc1cc(-c2n[nH]c(CC(C)C)n2)ccc1O. The maximum absolute atomic E-state index is 9.66. The van der Waals surface area contributed by atoms with Gasteiger partial charge in [0.05, 0.1) is 6.61 Å². The Hall–Kier alpha value is -2.04. The second-order valence-electron chi connectivity index (χ2n) is 4.82. The molecular weight excluding hydrogens is 242 g/mol. The fourth-order valence-electron chi connectivity index (χ4n) is 1.83. The van der Waals surface area contributed by atoms with Crippen LogP contribution in [0.2, 0.25) is 0 Å². The first-order valence-corrected chi connectivity index (χ1v) is 6.47. The van der Waals surface area contributed by atoms with E-state index in [0.717, 1.165) is 17.8 Å². The molecule has 1 aromatic heterocycles. The number of H-pyrrole nitrogens is 1. The Morgan fingerprint density at radius 3 is 2.84 bits per heavy atom. The molecule has 0 saturated heterocycles. The van der Waals surface area contributed by atoms with Crippen LogP contribution in [-0.2, 0) is 6.42 Å². The van der Waals surface area contributed by atoms with Crippen molar-refractivity contribution < 1.29 is 9.84 Å². The first kappa shape index (κ1) is 13.4. The van der Waals surface area contributed by atoms with E-state index >= 15 is 0 Å². The molecule has 19 heavy (non-hydrogen) atoms. The van der Waals surface area contributed by atoms with Gasteiger partial charge in [-0.25, -0.2) is 4.98 Å². The van der Waals surface area contributed by atoms with Crippen molar-refractivity contribution in [1.29, 1.82) is 0 Å². The van der Waals surface area contributed by atoms with Gasteiger partial charge in [-0.05, 0) is 31.0 Å². The summed E-state index contributed by atoms with van der Waals surface area (Å²) < 4.78 is 5.35. The van der Waals surface area contributed by atoms with Gasteiger partial charge >= 0.3 is 0 Å². The van der Waals surface area contributed by atoms with Gasteiger partial charge in [-0.3, -0.25) is 5.10 Å². The topological polar surface area (TPSA) is 71.0 Å². The molecule has 2 rings (SSSR count). The number of rotatable bonds is 5. The van der Waals surface area contributed by atoms with Gasteiger partial charge in [-0.2, -0.15) is 5.10 Å². The van der Waals surface area contributed by atoms with Crippen LogP contribution in [0.15, 0.2) is 18.2 Å². The Balaban J connectivity index is 2.26. The summed E-state index contributed by atoms with van der Waals surface area (Å²) in [6.45, 7) is 6.65. The number of aromatic amines is 1. The smallest absolute Gasteiger partial charge is 0.181 e. The van der Waals surface area contributed by atoms with E-state index in [0.29, 0.717) is 24.1 Å². The number of aromatic hydroxyl groups is 1. The predicted octanol–water partition coefficient (Wildman–Crippen LogP) is 2.77. The fourth-order valence-corrected chi connectivity index (χ4v) is 1.83. The van der Waals surface area contributed by atoms with E-state index in [4.69, 9.17) is 4.74 Å². The number of hydrogen-bond acceptors (Lipinski definition) is 4. The predicted molar refractivity (Wildman–Crippen MR) is 73.2 cm³/mol. The second-order valence-corrected chi connectivity index (χ2v) is 4.82. The molecule has 2 aromatic rings. The zero-order valence-corrected chi connectivity index (χ0v) is 11.5. The maximum Gasteiger partial charge on any atom is 0.181 e. The molecule has 0 saturated carbocycles. The highest BCUT2D eigenvalue weighted by Gasteiger charge is 2.10. The molecule has 1 aromatic carbocycles. The largest absolute Gasteiger partial charge is 0.504 e. The Bertz CT molecular complexity index is 549. The molecule has 0 atom stereocenters. The van der Waals surface area contributed by atoms with Crippen LogP contribution >= 0.6 is 0 Å². The lowest BCUT2D eigenvalue weighted by molar-refractivity contribution is 0.318. The summed E-state index contributed by atoms with van der Waals surface area (Å²) in [5.41, 5.74) is 0.826. The van der Waals surface area contributed by atoms with E-state index in [1.165, 1.54) is 0 Å². The quantitative estimate of drug-likeness (QED) is 0.868. The van der Waals surface area contributed by atoms with Crippen LogP contribution in [0.3, 0.4) is 0 Å². The van der Waals surface area contributed by atoms with Gasteiger partial charge in [-0.1, -0.05) is 13.8 Å². The zero-order chi connectivity index (χ0) is 13.8. The number of nitrogens with zero attached hydrogens (tertiary/aromatic N) is 2. The van der Waals surface area contributed by atoms with Crippen molar-refractivity contribution in [2.24, 2.45) is 5.92 Å². The molecule has 0 radical (unpaired) electrons. The van der Waals surface area contributed by atoms with Crippen LogP contribution < -0.4 is 4.74 Å². The van der Waals surface area contributed by atoms with Crippen LogP contribution in [0.5, 0.6) is 11.5 Å². The lowest BCUT2D eigenvalue weighted by Gasteiger charge is -2.06. The number of aromatic nitrogens is 3. The van der Waals surface area contributed by atoms with Gasteiger partial charge < -0.3 is 9.84 Å². The summed E-state index contributed by atoms with van der Waals surface area (Å²) in [6.07, 6.45) is 0.864. The van der Waals surface area contributed by atoms with Crippen LogP contribution in [0.25, 0.3) is 11.4 Å². The lowest BCUT2D eigenvalue weighted by Crippen LogP contribution is -1.96. The Morgan fingerprint density at radius 2 is 2.16 bits per heavy atom. The molecule has 0 bridgehead atoms. The molecule has 0 amide bonds. The Labute approximate surface area is 112 Å². The van der Waals surface area contributed by atoms with Gasteiger partial charge in [-0.15, -0.1) is 0 Å². The highest BCUT2D eigenvalue weighted by atomic mass is 16.5. The van der Waals surface area contributed by atoms with Gasteiger partial charge in [0, 0.05) is 12.0 Å². The monoisotopic (exact) mass is 261 g/mol. The average Bonchev–Trinajstić information content (AvgIpc) is 2.80. The molecule has 1 heterocycles. The molecule has 0 fully saturated rings. The molecule has 0 unspecified atom stereocenters. The lowest BCUT2D eigenvalue weighted by atomic mass is 10.1. The fraction of sp³-hybridized carbons (Fsp3) is 0.429. The summed E-state index contributed by atoms with van der Waals surface area (Å²) in [6, 6.07) is 5.13. The summed E-state index contributed by atoms with van der Waals surface area (Å²) in [7, 11) is 0. The van der Waals surface area contributed by atoms with Crippen molar-refractivity contribution >= 4 is 0 Å². The molecule has 0 spiro atoms. The van der Waals surface area contributed by atoms with Crippen LogP contribution in [0, 0.1) is 5.92 Å². The standard InChI is InChI=1S/C14H19N3O2/c1-4-19-12-8-10(5-6-11(12)18)14-15-13(16-17-14)7-9(2)3/h5-6,8-9,18H,4,7H2,1-3H3,(H,15,16,17). The number of phenolic OH excluding ortho intramolecular Hbond substituents is 1. The molecule has 102 valence electrons. The Kier molecular flexibility index (Phi) is 4.04. The number of ether oxygens (including phenoxy) is 1. The van der Waals surface area contributed by atoms with Crippen molar-refractivity contribution in [3.63, 3.8) is 0 Å². The third kappa shape index (κ3) is 3.24. The second kappa shape index (κ2) is 5.73. The summed E-state index contributed by atoms with van der Waals surface area (Å²) in [4.78, 5) is 4.45. The third-order valence-corrected chi connectivity index (χ3v) is 2.65. The molecule has 5 heteroatoms. The minimum Gasteiger partial charge on any atom is -0.504 e. The van der Waals surface area contributed by atoms with Gasteiger partial charge in [0.15, 0.2) is 17.3 Å². The van der Waals surface area contributed by atoms with Crippen molar-refractivity contribution in [1.82, 2.24) is 15.2 Å². The first-order valence-electron chi connectivity index (χ1n) is 6.47. The molecule has 0 aliphatic carbocycles. The van der Waals surface area contributed by atoms with E-state index < -0.39 is 0 Å². The molecule has 0 aliphatic heterocycles. The zero-order valence-electron chi connectivity index (χ0n) is 11.5. The summed E-state index contributed by atoms with van der Waals surface area (Å²) >= 11 is 0. The molecule has 5 nitrogen and oxygen atoms in total. The maximum atomic E-state index is 9.66. The van der Waals surface area contributed by atoms with Gasteiger partial charge in [0.2, 0.25) is 0 Å². The highest BCUT2D eigenvalue weighted by molar-refractivity contribution is 5.60. The van der Waals surface area contributed by atoms with Crippen LogP contribution in [0.1, 0.15) is 26.6 Å². The number of nitrogens with one attached hydrogen (secondary N) is 1. The normalized spacial score (nSPS) is 10.9. The average molecular weight is 261 g/mol. The summed E-state index contributed by atoms with van der Waals surface area (Å²) in [5.74, 6) is 2.60. The first-order chi connectivity index (χ1) is 9.10. The Morgan fingerprint density at radius 1 is 1.37 bits per heavy atom. The van der Waals surface area contributed by atoms with Crippen LogP contribution in [0.4, 0.5) is 0 Å². The summed E-state index contributed by atoms with van der Waals surface area (Å²) in [5, 5.41) is 16.8. The number of benzene rings is 1. The van der Waals surface area contributed by atoms with Gasteiger partial charge in [0.25, 0.3) is 0 Å². The van der Waals surface area contributed by atoms with Gasteiger partial charge in [0.1, 0.15) is 5.82 Å². The third-order valence-electron chi connectivity index (χ3n) is 2.65. The minimum absolute atomic E-state index is 0.128. The molecule has 0 aliphatic rings. The van der Waals surface area contributed by atoms with E-state index in [-0.39, 0.29) is 5.75 Å². The molecular formula is C14H19N3O2. The van der Waals surface area contributed by atoms with Crippen LogP contribution in [-0.4, -0.2) is 26.9 Å². The van der Waals surface area contributed by atoms with E-state index in [9.17, 15) is 5.11 Å².